The molecule has 0 aromatic heterocycles. The highest BCUT2D eigenvalue weighted by Gasteiger charge is 2.45. The zero-order valence-electron chi connectivity index (χ0n) is 18.2. The molecule has 1 saturated heterocycles. The Bertz CT molecular complexity index is 1270. The third-order valence-electron chi connectivity index (χ3n) is 5.58. The van der Waals surface area contributed by atoms with Gasteiger partial charge < -0.3 is 10.2 Å². The fourth-order valence-corrected chi connectivity index (χ4v) is 5.10. The number of hydrogen-bond acceptors (Lipinski definition) is 3. The van der Waals surface area contributed by atoms with E-state index in [1.54, 1.807) is 41.3 Å². The van der Waals surface area contributed by atoms with Crippen molar-refractivity contribution >= 4 is 86.9 Å². The maximum Gasteiger partial charge on any atom is 0.257 e. The molecule has 0 saturated carbocycles. The van der Waals surface area contributed by atoms with E-state index in [4.69, 9.17) is 58.6 Å². The number of anilines is 2. The maximum absolute atomic E-state index is 13.6. The lowest BCUT2D eigenvalue weighted by atomic mass is 10.1. The molecule has 3 aromatic carbocycles. The van der Waals surface area contributed by atoms with Crippen molar-refractivity contribution in [2.24, 2.45) is 0 Å². The smallest absolute Gasteiger partial charge is 0.257 e. The first-order valence-electron chi connectivity index (χ1n) is 10.6. The molecule has 1 atom stereocenters. The lowest BCUT2D eigenvalue weighted by Gasteiger charge is -2.30. The van der Waals surface area contributed by atoms with Gasteiger partial charge in [0.15, 0.2) is 5.11 Å². The first-order valence-corrected chi connectivity index (χ1v) is 12.6. The lowest BCUT2D eigenvalue weighted by molar-refractivity contribution is -0.122. The zero-order valence-corrected chi connectivity index (χ0v) is 22.0. The zero-order chi connectivity index (χ0) is 25.1. The minimum atomic E-state index is -0.850. The molecule has 1 heterocycles. The number of nitrogens with one attached hydrogen (secondary N) is 1. The molecule has 1 aliphatic heterocycles. The molecule has 0 bridgehead atoms. The molecule has 5 nitrogen and oxygen atoms in total. The van der Waals surface area contributed by atoms with Gasteiger partial charge in [-0.05, 0) is 54.5 Å². The van der Waals surface area contributed by atoms with Crippen molar-refractivity contribution in [3.8, 4) is 0 Å². The van der Waals surface area contributed by atoms with Gasteiger partial charge in [0.2, 0.25) is 5.91 Å². The van der Waals surface area contributed by atoms with Gasteiger partial charge in [0.05, 0.1) is 32.9 Å². The quantitative estimate of drug-likeness (QED) is 0.260. The standard InChI is InChI=1S/C25H19Cl4N3O2S/c26-16-9-10-17(27)20(13-16)30-25(35)31(12-11-15-5-2-1-3-6-15)21-14-22(33)32(24(21)34)23-18(28)7-4-8-19(23)29/h1-10,13,21H,11-12,14H2,(H,30,35)/t21-/m0/s1. The van der Waals surface area contributed by atoms with Crippen LogP contribution in [0.2, 0.25) is 20.1 Å². The molecule has 10 heteroatoms. The van der Waals surface area contributed by atoms with Crippen LogP contribution in [0.25, 0.3) is 0 Å². The molecule has 1 aliphatic rings. The molecule has 1 fully saturated rings. The molecule has 2 amide bonds. The van der Waals surface area contributed by atoms with E-state index in [0.717, 1.165) is 10.5 Å². The number of benzene rings is 3. The van der Waals surface area contributed by atoms with E-state index in [0.29, 0.717) is 28.7 Å². The average Bonchev–Trinajstić information content (AvgIpc) is 3.11. The highest BCUT2D eigenvalue weighted by molar-refractivity contribution is 7.80. The summed E-state index contributed by atoms with van der Waals surface area (Å²) in [5, 5.41) is 4.63. The van der Waals surface area contributed by atoms with Crippen molar-refractivity contribution in [3.63, 3.8) is 0 Å². The molecule has 3 aromatic rings. The molecule has 0 spiro atoms. The Morgan fingerprint density at radius 2 is 1.63 bits per heavy atom. The summed E-state index contributed by atoms with van der Waals surface area (Å²) in [4.78, 5) is 29.3. The van der Waals surface area contributed by atoms with Crippen LogP contribution in [0.4, 0.5) is 11.4 Å². The second kappa shape index (κ2) is 11.1. The van der Waals surface area contributed by atoms with Crippen molar-refractivity contribution in [1.82, 2.24) is 4.90 Å². The normalized spacial score (nSPS) is 15.4. The van der Waals surface area contributed by atoms with E-state index in [-0.39, 0.29) is 27.3 Å². The van der Waals surface area contributed by atoms with E-state index >= 15 is 0 Å². The third-order valence-corrected chi connectivity index (χ3v) is 7.09. The van der Waals surface area contributed by atoms with E-state index in [9.17, 15) is 9.59 Å². The Balaban J connectivity index is 1.64. The van der Waals surface area contributed by atoms with Crippen LogP contribution in [0.1, 0.15) is 12.0 Å². The van der Waals surface area contributed by atoms with Crippen molar-refractivity contribution in [2.45, 2.75) is 18.9 Å². The number of imide groups is 1. The monoisotopic (exact) mass is 565 g/mol. The Hall–Kier alpha value is -2.35. The van der Waals surface area contributed by atoms with E-state index in [2.05, 4.69) is 5.32 Å². The summed E-state index contributed by atoms with van der Waals surface area (Å²) >= 11 is 30.7. The van der Waals surface area contributed by atoms with Crippen LogP contribution in [0.15, 0.2) is 66.7 Å². The highest BCUT2D eigenvalue weighted by Crippen LogP contribution is 2.37. The topological polar surface area (TPSA) is 52.7 Å². The number of para-hydroxylation sites is 1. The fraction of sp³-hybridized carbons (Fsp3) is 0.160. The Morgan fingerprint density at radius 1 is 0.943 bits per heavy atom. The summed E-state index contributed by atoms with van der Waals surface area (Å²) in [6, 6.07) is 18.7. The molecule has 4 rings (SSSR count). The average molecular weight is 567 g/mol. The number of carbonyl (C=O) groups excluding carboxylic acids is 2. The van der Waals surface area contributed by atoms with Gasteiger partial charge in [0.1, 0.15) is 6.04 Å². The van der Waals surface area contributed by atoms with Crippen LogP contribution < -0.4 is 10.2 Å². The third kappa shape index (κ3) is 5.74. The highest BCUT2D eigenvalue weighted by atomic mass is 35.5. The number of thiocarbonyl (C=S) groups is 1. The summed E-state index contributed by atoms with van der Waals surface area (Å²) in [5.41, 5.74) is 1.73. The van der Waals surface area contributed by atoms with Crippen molar-refractivity contribution in [3.05, 3.63) is 92.4 Å². The second-order valence-corrected chi connectivity index (χ2v) is 9.89. The minimum Gasteiger partial charge on any atom is -0.336 e. The summed E-state index contributed by atoms with van der Waals surface area (Å²) in [6.45, 7) is 0.377. The lowest BCUT2D eigenvalue weighted by Crippen LogP contribution is -2.48. The summed E-state index contributed by atoms with van der Waals surface area (Å²) in [6.07, 6.45) is 0.511. The van der Waals surface area contributed by atoms with Crippen LogP contribution in [0, 0.1) is 0 Å². The van der Waals surface area contributed by atoms with Gasteiger partial charge in [-0.25, -0.2) is 4.90 Å². The van der Waals surface area contributed by atoms with Crippen LogP contribution in [-0.4, -0.2) is 34.4 Å². The number of amides is 2. The van der Waals surface area contributed by atoms with Crippen LogP contribution in [0.3, 0.4) is 0 Å². The van der Waals surface area contributed by atoms with Crippen LogP contribution >= 0.6 is 58.6 Å². The Morgan fingerprint density at radius 3 is 2.31 bits per heavy atom. The fourth-order valence-electron chi connectivity index (χ4n) is 3.87. The SMILES string of the molecule is O=C1C[C@H](N(CCc2ccccc2)C(=S)Nc2cc(Cl)ccc2Cl)C(=O)N1c1c(Cl)cccc1Cl. The molecule has 0 radical (unpaired) electrons. The van der Waals surface area contributed by atoms with Gasteiger partial charge in [0, 0.05) is 11.6 Å². The van der Waals surface area contributed by atoms with Gasteiger partial charge in [-0.15, -0.1) is 0 Å². The maximum atomic E-state index is 13.6. The van der Waals surface area contributed by atoms with Gasteiger partial charge in [0.25, 0.3) is 5.91 Å². The number of halogens is 4. The molecule has 0 aliphatic carbocycles. The number of carbonyl (C=O) groups is 2. The molecular weight excluding hydrogens is 548 g/mol. The second-order valence-electron chi connectivity index (χ2n) is 7.84. The molecule has 35 heavy (non-hydrogen) atoms. The predicted octanol–water partition coefficient (Wildman–Crippen LogP) is 6.87. The first-order chi connectivity index (χ1) is 16.8. The summed E-state index contributed by atoms with van der Waals surface area (Å²) in [7, 11) is 0. The summed E-state index contributed by atoms with van der Waals surface area (Å²) in [5.74, 6) is -0.872. The molecule has 1 N–H and O–H groups in total. The Labute approximate surface area is 228 Å². The number of hydrogen-bond donors (Lipinski definition) is 1. The van der Waals surface area contributed by atoms with Crippen LogP contribution in [-0.2, 0) is 16.0 Å². The number of rotatable bonds is 6. The molecular formula is C25H19Cl4N3O2S. The van der Waals surface area contributed by atoms with Gasteiger partial charge >= 0.3 is 0 Å². The predicted molar refractivity (Wildman–Crippen MR) is 147 cm³/mol. The van der Waals surface area contributed by atoms with Gasteiger partial charge in [-0.2, -0.15) is 0 Å². The number of nitrogens with zero attached hydrogens (tertiary/aromatic N) is 2. The largest absolute Gasteiger partial charge is 0.336 e. The van der Waals surface area contributed by atoms with Gasteiger partial charge in [-0.3, -0.25) is 9.59 Å². The molecule has 0 unspecified atom stereocenters. The Kier molecular flexibility index (Phi) is 8.19. The summed E-state index contributed by atoms with van der Waals surface area (Å²) < 4.78 is 0. The van der Waals surface area contributed by atoms with Crippen LogP contribution in [0.5, 0.6) is 0 Å². The van der Waals surface area contributed by atoms with Gasteiger partial charge in [-0.1, -0.05) is 82.8 Å². The van der Waals surface area contributed by atoms with Crippen molar-refractivity contribution < 1.29 is 9.59 Å². The van der Waals surface area contributed by atoms with E-state index < -0.39 is 17.9 Å². The first kappa shape index (κ1) is 25.7. The molecule has 180 valence electrons. The van der Waals surface area contributed by atoms with E-state index in [1.165, 1.54) is 0 Å². The minimum absolute atomic E-state index is 0.0831. The van der Waals surface area contributed by atoms with Crippen molar-refractivity contribution in [1.29, 1.82) is 0 Å². The van der Waals surface area contributed by atoms with Crippen molar-refractivity contribution in [2.75, 3.05) is 16.8 Å². The van der Waals surface area contributed by atoms with E-state index in [1.807, 2.05) is 30.3 Å².